The van der Waals surface area contributed by atoms with Gasteiger partial charge in [0.1, 0.15) is 5.56 Å². The number of pyridine rings is 1. The van der Waals surface area contributed by atoms with E-state index in [4.69, 9.17) is 5.11 Å². The van der Waals surface area contributed by atoms with Crippen molar-refractivity contribution < 1.29 is 15.0 Å². The number of hydrogen-bond acceptors (Lipinski definition) is 4. The van der Waals surface area contributed by atoms with Gasteiger partial charge in [-0.05, 0) is 26.3 Å². The van der Waals surface area contributed by atoms with Gasteiger partial charge in [-0.2, -0.15) is 0 Å². The van der Waals surface area contributed by atoms with Gasteiger partial charge in [0.2, 0.25) is 0 Å². The van der Waals surface area contributed by atoms with Crippen LogP contribution >= 0.6 is 0 Å². The summed E-state index contributed by atoms with van der Waals surface area (Å²) in [5.41, 5.74) is 0.999. The van der Waals surface area contributed by atoms with Crippen molar-refractivity contribution in [3.05, 3.63) is 36.0 Å². The van der Waals surface area contributed by atoms with Crippen LogP contribution in [0.15, 0.2) is 30.5 Å². The molecule has 0 atom stereocenters. The van der Waals surface area contributed by atoms with Crippen LogP contribution < -0.4 is 5.32 Å². The van der Waals surface area contributed by atoms with Crippen LogP contribution in [0.1, 0.15) is 30.6 Å². The molecule has 106 valence electrons. The van der Waals surface area contributed by atoms with Crippen molar-refractivity contribution in [1.29, 1.82) is 0 Å². The molecule has 0 radical (unpaired) electrons. The van der Waals surface area contributed by atoms with Crippen LogP contribution in [-0.4, -0.2) is 33.3 Å². The molecule has 1 aromatic heterocycles. The summed E-state index contributed by atoms with van der Waals surface area (Å²) < 4.78 is 0. The molecule has 2 aromatic rings. The normalized spacial score (nSPS) is 11.6. The van der Waals surface area contributed by atoms with Gasteiger partial charge >= 0.3 is 5.97 Å². The summed E-state index contributed by atoms with van der Waals surface area (Å²) in [6.45, 7) is 3.87. The predicted molar refractivity (Wildman–Crippen MR) is 78.1 cm³/mol. The first-order valence-corrected chi connectivity index (χ1v) is 6.45. The van der Waals surface area contributed by atoms with Crippen molar-refractivity contribution in [3.8, 4) is 0 Å². The lowest BCUT2D eigenvalue weighted by Gasteiger charge is -2.28. The summed E-state index contributed by atoms with van der Waals surface area (Å²) >= 11 is 0. The second-order valence-corrected chi connectivity index (χ2v) is 5.35. The molecule has 0 aliphatic carbocycles. The van der Waals surface area contributed by atoms with Gasteiger partial charge in [-0.3, -0.25) is 4.98 Å². The third-order valence-corrected chi connectivity index (χ3v) is 3.21. The lowest BCUT2D eigenvalue weighted by atomic mass is 9.99. The maximum atomic E-state index is 11.4. The highest BCUT2D eigenvalue weighted by Gasteiger charge is 2.22. The first-order valence-electron chi connectivity index (χ1n) is 6.45. The minimum absolute atomic E-state index is 0.0332. The van der Waals surface area contributed by atoms with Crippen LogP contribution in [0.5, 0.6) is 0 Å². The number of aromatic carboxylic acids is 1. The number of aliphatic hydroxyl groups is 1. The summed E-state index contributed by atoms with van der Waals surface area (Å²) in [6.07, 6.45) is 1.88. The van der Waals surface area contributed by atoms with Gasteiger partial charge in [0.25, 0.3) is 0 Å². The van der Waals surface area contributed by atoms with Crippen molar-refractivity contribution in [1.82, 2.24) is 4.98 Å². The molecule has 0 bridgehead atoms. The van der Waals surface area contributed by atoms with Crippen molar-refractivity contribution in [3.63, 3.8) is 0 Å². The van der Waals surface area contributed by atoms with E-state index in [-0.39, 0.29) is 12.2 Å². The molecule has 3 N–H and O–H groups in total. The second kappa shape index (κ2) is 5.46. The summed E-state index contributed by atoms with van der Waals surface area (Å²) in [5, 5.41) is 22.4. The molecule has 1 heterocycles. The molecule has 5 heteroatoms. The van der Waals surface area contributed by atoms with Gasteiger partial charge in [-0.1, -0.05) is 18.2 Å². The number of carbonyl (C=O) groups is 1. The number of rotatable bonds is 5. The molecule has 0 aliphatic rings. The Labute approximate surface area is 117 Å². The molecular formula is C15H18N2O3. The number of aliphatic hydroxyl groups excluding tert-OH is 1. The van der Waals surface area contributed by atoms with Gasteiger partial charge < -0.3 is 15.5 Å². The molecule has 1 aromatic carbocycles. The van der Waals surface area contributed by atoms with E-state index in [1.165, 1.54) is 6.20 Å². The van der Waals surface area contributed by atoms with Crippen molar-refractivity contribution in [2.24, 2.45) is 0 Å². The smallest absolute Gasteiger partial charge is 0.339 e. The second-order valence-electron chi connectivity index (χ2n) is 5.35. The molecule has 0 fully saturated rings. The topological polar surface area (TPSA) is 82.5 Å². The fourth-order valence-corrected chi connectivity index (χ4v) is 2.12. The number of nitrogens with one attached hydrogen (secondary N) is 1. The number of carboxylic acid groups (broad SMARTS) is 1. The molecule has 20 heavy (non-hydrogen) atoms. The number of anilines is 1. The Kier molecular flexibility index (Phi) is 3.90. The summed E-state index contributed by atoms with van der Waals surface area (Å²) in [7, 11) is 0. The fraction of sp³-hybridized carbons (Fsp3) is 0.333. The van der Waals surface area contributed by atoms with Crippen LogP contribution in [0.4, 0.5) is 5.69 Å². The maximum absolute atomic E-state index is 11.4. The van der Waals surface area contributed by atoms with Gasteiger partial charge in [0.15, 0.2) is 0 Å². The number of para-hydroxylation sites is 1. The van der Waals surface area contributed by atoms with Gasteiger partial charge in [-0.25, -0.2) is 4.79 Å². The number of nitrogens with zero attached hydrogens (tertiary/aromatic N) is 1. The van der Waals surface area contributed by atoms with Crippen molar-refractivity contribution >= 4 is 22.6 Å². The van der Waals surface area contributed by atoms with Crippen molar-refractivity contribution in [2.75, 3.05) is 11.9 Å². The number of carboxylic acids is 1. The van der Waals surface area contributed by atoms with Crippen LogP contribution in [0.25, 0.3) is 10.9 Å². The Hall–Kier alpha value is -2.14. The molecule has 2 rings (SSSR count). The monoisotopic (exact) mass is 274 g/mol. The van der Waals surface area contributed by atoms with Crippen molar-refractivity contribution in [2.45, 2.75) is 25.8 Å². The van der Waals surface area contributed by atoms with Crippen LogP contribution in [0.2, 0.25) is 0 Å². The highest BCUT2D eigenvalue weighted by molar-refractivity contribution is 6.04. The SMILES string of the molecule is CC(C)(CCO)Nc1c(C(=O)O)cnc2ccccc12. The molecule has 5 nitrogen and oxygen atoms in total. The molecule has 0 spiro atoms. The standard InChI is InChI=1S/C15H18N2O3/c1-15(2,7-8-18)17-13-10-5-3-4-6-12(10)16-9-11(13)14(19)20/h3-6,9,18H,7-8H2,1-2H3,(H,16,17)(H,19,20). The minimum Gasteiger partial charge on any atom is -0.478 e. The zero-order chi connectivity index (χ0) is 14.8. The van der Waals surface area contributed by atoms with E-state index >= 15 is 0 Å². The quantitative estimate of drug-likeness (QED) is 0.780. The average Bonchev–Trinajstić information content (AvgIpc) is 2.38. The fourth-order valence-electron chi connectivity index (χ4n) is 2.12. The van der Waals surface area contributed by atoms with Crippen LogP contribution in [0.3, 0.4) is 0 Å². The highest BCUT2D eigenvalue weighted by atomic mass is 16.4. The van der Waals surface area contributed by atoms with Gasteiger partial charge in [0.05, 0.1) is 11.2 Å². The first kappa shape index (κ1) is 14.3. The lowest BCUT2D eigenvalue weighted by Crippen LogP contribution is -2.32. The molecule has 0 saturated carbocycles. The van der Waals surface area contributed by atoms with E-state index in [2.05, 4.69) is 10.3 Å². The van der Waals surface area contributed by atoms with Crippen LogP contribution in [0, 0.1) is 0 Å². The summed E-state index contributed by atoms with van der Waals surface area (Å²) in [5.74, 6) is -1.02. The Morgan fingerprint density at radius 3 is 2.70 bits per heavy atom. The van der Waals surface area contributed by atoms with E-state index in [0.717, 1.165) is 10.9 Å². The predicted octanol–water partition coefficient (Wildman–Crippen LogP) is 2.51. The summed E-state index contributed by atoms with van der Waals surface area (Å²) in [6, 6.07) is 7.38. The molecule has 0 aliphatic heterocycles. The Morgan fingerprint density at radius 1 is 1.35 bits per heavy atom. The first-order chi connectivity index (χ1) is 9.44. The number of hydrogen-bond donors (Lipinski definition) is 3. The van der Waals surface area contributed by atoms with Gasteiger partial charge in [0, 0.05) is 23.7 Å². The van der Waals surface area contributed by atoms with E-state index < -0.39 is 11.5 Å². The molecular weight excluding hydrogens is 256 g/mol. The highest BCUT2D eigenvalue weighted by Crippen LogP contribution is 2.29. The average molecular weight is 274 g/mol. The third-order valence-electron chi connectivity index (χ3n) is 3.21. The largest absolute Gasteiger partial charge is 0.478 e. The third kappa shape index (κ3) is 2.88. The van der Waals surface area contributed by atoms with Gasteiger partial charge in [-0.15, -0.1) is 0 Å². The lowest BCUT2D eigenvalue weighted by molar-refractivity contribution is 0.0697. The Balaban J connectivity index is 2.58. The van der Waals surface area contributed by atoms with E-state index in [1.54, 1.807) is 0 Å². The molecule has 0 saturated heterocycles. The molecule has 0 unspecified atom stereocenters. The Bertz CT molecular complexity index is 638. The van der Waals surface area contributed by atoms with E-state index in [9.17, 15) is 9.90 Å². The zero-order valence-electron chi connectivity index (χ0n) is 11.6. The molecule has 0 amide bonds. The zero-order valence-corrected chi connectivity index (χ0v) is 11.6. The number of aromatic nitrogens is 1. The maximum Gasteiger partial charge on any atom is 0.339 e. The van der Waals surface area contributed by atoms with Crippen LogP contribution in [-0.2, 0) is 0 Å². The minimum atomic E-state index is -1.02. The Morgan fingerprint density at radius 2 is 2.05 bits per heavy atom. The number of benzene rings is 1. The summed E-state index contributed by atoms with van der Waals surface area (Å²) in [4.78, 5) is 15.5. The number of fused-ring (bicyclic) bond motifs is 1. The van der Waals surface area contributed by atoms with E-state index in [1.807, 2.05) is 38.1 Å². The van der Waals surface area contributed by atoms with E-state index in [0.29, 0.717) is 12.1 Å².